The van der Waals surface area contributed by atoms with Gasteiger partial charge in [0, 0.05) is 17.1 Å². The van der Waals surface area contributed by atoms with E-state index < -0.39 is 4.87 Å². The number of hydrogen-bond donors (Lipinski definition) is 0. The molecule has 0 heterocycles. The lowest BCUT2D eigenvalue weighted by Crippen LogP contribution is -2.21. The zero-order chi connectivity index (χ0) is 23.0. The van der Waals surface area contributed by atoms with Crippen LogP contribution in [0.3, 0.4) is 0 Å². The fourth-order valence-corrected chi connectivity index (χ4v) is 4.22. The lowest BCUT2D eigenvalue weighted by molar-refractivity contribution is -0.143. The molecule has 4 nitrogen and oxygen atoms in total. The number of carbonyl (C=O) groups is 1. The van der Waals surface area contributed by atoms with Gasteiger partial charge in [0.15, 0.2) is 0 Å². The van der Waals surface area contributed by atoms with Gasteiger partial charge in [-0.05, 0) is 62.5 Å². The average Bonchev–Trinajstić information content (AvgIpc) is 2.61. The highest BCUT2D eigenvalue weighted by Gasteiger charge is 2.28. The normalized spacial score (nSPS) is 14.9. The molecule has 1 rings (SSSR count). The van der Waals surface area contributed by atoms with Crippen molar-refractivity contribution in [2.45, 2.75) is 101 Å². The van der Waals surface area contributed by atoms with Crippen molar-refractivity contribution in [2.24, 2.45) is 10.2 Å². The fraction of sp³-hybridized carbons (Fsp3) is 0.708. The Morgan fingerprint density at radius 2 is 1.60 bits per heavy atom. The smallest absolute Gasteiger partial charge is 0.305 e. The number of nitrogens with zero attached hydrogens (tertiary/aromatic N) is 2. The van der Waals surface area contributed by atoms with E-state index in [1.807, 2.05) is 27.7 Å². The Balaban J connectivity index is 2.81. The first-order valence-electron chi connectivity index (χ1n) is 10.7. The van der Waals surface area contributed by atoms with E-state index in [4.69, 9.17) is 4.74 Å². The van der Waals surface area contributed by atoms with Crippen molar-refractivity contribution in [1.82, 2.24) is 0 Å². The third-order valence-electron chi connectivity index (χ3n) is 4.21. The van der Waals surface area contributed by atoms with Gasteiger partial charge in [-0.2, -0.15) is 22.0 Å². The number of thioether (sulfide) groups is 2. The lowest BCUT2D eigenvalue weighted by atomic mass is 9.87. The standard InChI is InChI=1S/C24H40N2O2S2/c1-18(2)29-17-16-28-21(27)14-15-24(9,26-25-23(6,7)8)30-20-12-10-19(11-13-20)22(3,4)5/h10-13,18H,14-17H2,1-9H3. The molecular formula is C24H40N2O2S2. The third kappa shape index (κ3) is 11.4. The molecule has 0 spiro atoms. The molecule has 30 heavy (non-hydrogen) atoms. The third-order valence-corrected chi connectivity index (χ3v) is 6.51. The van der Waals surface area contributed by atoms with Crippen LogP contribution in [0.4, 0.5) is 0 Å². The van der Waals surface area contributed by atoms with Gasteiger partial charge in [0.2, 0.25) is 0 Å². The number of ether oxygens (including phenoxy) is 1. The lowest BCUT2D eigenvalue weighted by Gasteiger charge is -2.25. The van der Waals surface area contributed by atoms with Crippen molar-refractivity contribution >= 4 is 29.5 Å². The Labute approximate surface area is 192 Å². The monoisotopic (exact) mass is 452 g/mol. The van der Waals surface area contributed by atoms with Gasteiger partial charge in [0.25, 0.3) is 0 Å². The van der Waals surface area contributed by atoms with Crippen LogP contribution >= 0.6 is 23.5 Å². The average molecular weight is 453 g/mol. The van der Waals surface area contributed by atoms with E-state index in [9.17, 15) is 4.79 Å². The minimum absolute atomic E-state index is 0.121. The number of azo groups is 1. The fourth-order valence-electron chi connectivity index (χ4n) is 2.50. The van der Waals surface area contributed by atoms with Crippen LogP contribution in [0.5, 0.6) is 0 Å². The van der Waals surface area contributed by atoms with Gasteiger partial charge in [0.05, 0.1) is 5.54 Å². The minimum Gasteiger partial charge on any atom is -0.465 e. The molecule has 0 aliphatic rings. The molecule has 1 aromatic rings. The van der Waals surface area contributed by atoms with Crippen LogP contribution in [0.2, 0.25) is 0 Å². The summed E-state index contributed by atoms with van der Waals surface area (Å²) in [6.45, 7) is 19.5. The molecular weight excluding hydrogens is 412 g/mol. The molecule has 0 aliphatic carbocycles. The second-order valence-corrected chi connectivity index (χ2v) is 13.3. The van der Waals surface area contributed by atoms with Crippen LogP contribution in [-0.4, -0.2) is 34.0 Å². The number of carbonyl (C=O) groups excluding carboxylic acids is 1. The Hall–Kier alpha value is -1.01. The van der Waals surface area contributed by atoms with Crippen molar-refractivity contribution in [3.63, 3.8) is 0 Å². The van der Waals surface area contributed by atoms with Crippen LogP contribution in [-0.2, 0) is 14.9 Å². The molecule has 170 valence electrons. The second kappa shape index (κ2) is 11.6. The van der Waals surface area contributed by atoms with Gasteiger partial charge >= 0.3 is 5.97 Å². The van der Waals surface area contributed by atoms with Gasteiger partial charge in [-0.3, -0.25) is 4.79 Å². The molecule has 0 N–H and O–H groups in total. The number of hydrogen-bond acceptors (Lipinski definition) is 6. The van der Waals surface area contributed by atoms with E-state index in [1.165, 1.54) is 5.56 Å². The molecule has 0 bridgehead atoms. The van der Waals surface area contributed by atoms with Crippen LogP contribution in [0.25, 0.3) is 0 Å². The molecule has 0 amide bonds. The molecule has 0 fully saturated rings. The van der Waals surface area contributed by atoms with E-state index in [-0.39, 0.29) is 16.9 Å². The molecule has 0 radical (unpaired) electrons. The van der Waals surface area contributed by atoms with E-state index in [1.54, 1.807) is 23.5 Å². The zero-order valence-electron chi connectivity index (χ0n) is 20.2. The molecule has 6 heteroatoms. The van der Waals surface area contributed by atoms with Crippen LogP contribution in [0.15, 0.2) is 39.4 Å². The van der Waals surface area contributed by atoms with Gasteiger partial charge in [-0.1, -0.05) is 58.5 Å². The van der Waals surface area contributed by atoms with E-state index in [0.717, 1.165) is 10.6 Å². The Kier molecular flexibility index (Phi) is 10.4. The predicted octanol–water partition coefficient (Wildman–Crippen LogP) is 7.51. The number of benzene rings is 1. The Morgan fingerprint density at radius 1 is 1.00 bits per heavy atom. The number of esters is 1. The van der Waals surface area contributed by atoms with Gasteiger partial charge in [-0.15, -0.1) is 0 Å². The maximum absolute atomic E-state index is 12.2. The second-order valence-electron chi connectivity index (χ2n) is 10.1. The SMILES string of the molecule is CC(C)SCCOC(=O)CCC(C)(N=NC(C)(C)C)Sc1ccc(C(C)(C)C)cc1. The summed E-state index contributed by atoms with van der Waals surface area (Å²) in [5.41, 5.74) is 1.16. The molecule has 0 saturated heterocycles. The van der Waals surface area contributed by atoms with Crippen LogP contribution in [0.1, 0.15) is 80.7 Å². The number of rotatable bonds is 10. The zero-order valence-corrected chi connectivity index (χ0v) is 21.9. The van der Waals surface area contributed by atoms with Crippen molar-refractivity contribution in [2.75, 3.05) is 12.4 Å². The van der Waals surface area contributed by atoms with Crippen LogP contribution in [0, 0.1) is 0 Å². The van der Waals surface area contributed by atoms with Gasteiger partial charge in [0.1, 0.15) is 11.5 Å². The summed E-state index contributed by atoms with van der Waals surface area (Å²) in [6, 6.07) is 8.61. The highest BCUT2D eigenvalue weighted by atomic mass is 32.2. The highest BCUT2D eigenvalue weighted by molar-refractivity contribution is 8.00. The summed E-state index contributed by atoms with van der Waals surface area (Å²) in [4.78, 5) is 12.8. The maximum Gasteiger partial charge on any atom is 0.305 e. The molecule has 0 saturated carbocycles. The first-order valence-corrected chi connectivity index (χ1v) is 12.6. The minimum atomic E-state index is -0.526. The first-order chi connectivity index (χ1) is 13.7. The Morgan fingerprint density at radius 3 is 2.10 bits per heavy atom. The highest BCUT2D eigenvalue weighted by Crippen LogP contribution is 2.39. The van der Waals surface area contributed by atoms with Crippen molar-refractivity contribution in [3.05, 3.63) is 29.8 Å². The molecule has 1 atom stereocenters. The molecule has 1 aromatic carbocycles. The van der Waals surface area contributed by atoms with Crippen LogP contribution < -0.4 is 0 Å². The summed E-state index contributed by atoms with van der Waals surface area (Å²) in [6.07, 6.45) is 0.910. The molecule has 0 aromatic heterocycles. The van der Waals surface area contributed by atoms with Gasteiger partial charge < -0.3 is 4.74 Å². The summed E-state index contributed by atoms with van der Waals surface area (Å²) in [5.74, 6) is 0.666. The molecule has 0 aliphatic heterocycles. The first kappa shape index (κ1) is 27.0. The van der Waals surface area contributed by atoms with Crippen molar-refractivity contribution < 1.29 is 9.53 Å². The van der Waals surface area contributed by atoms with E-state index in [0.29, 0.717) is 24.7 Å². The predicted molar refractivity (Wildman–Crippen MR) is 132 cm³/mol. The Bertz CT molecular complexity index is 689. The van der Waals surface area contributed by atoms with E-state index >= 15 is 0 Å². The summed E-state index contributed by atoms with van der Waals surface area (Å²) in [7, 11) is 0. The van der Waals surface area contributed by atoms with Crippen molar-refractivity contribution in [1.29, 1.82) is 0 Å². The summed E-state index contributed by atoms with van der Waals surface area (Å²) < 4.78 is 5.40. The van der Waals surface area contributed by atoms with Gasteiger partial charge in [-0.25, -0.2) is 0 Å². The summed E-state index contributed by atoms with van der Waals surface area (Å²) in [5, 5.41) is 9.71. The summed E-state index contributed by atoms with van der Waals surface area (Å²) >= 11 is 3.45. The quantitative estimate of drug-likeness (QED) is 0.159. The maximum atomic E-state index is 12.2. The topological polar surface area (TPSA) is 51.0 Å². The van der Waals surface area contributed by atoms with E-state index in [2.05, 4.69) is 69.1 Å². The molecule has 1 unspecified atom stereocenters. The van der Waals surface area contributed by atoms with Crippen molar-refractivity contribution in [3.8, 4) is 0 Å². The largest absolute Gasteiger partial charge is 0.465 e.